The number of hydrogen-bond donors (Lipinski definition) is 2. The van der Waals surface area contributed by atoms with E-state index in [4.69, 9.17) is 11.6 Å². The van der Waals surface area contributed by atoms with E-state index in [1.165, 1.54) is 24.6 Å². The molecule has 1 aromatic rings. The Hall–Kier alpha value is -0.690. The summed E-state index contributed by atoms with van der Waals surface area (Å²) < 4.78 is 41.3. The quantitative estimate of drug-likeness (QED) is 0.893. The zero-order chi connectivity index (χ0) is 15.1. The van der Waals surface area contributed by atoms with Crippen LogP contribution in [0.1, 0.15) is 32.1 Å². The average Bonchev–Trinajstić information content (AvgIpc) is 2.39. The van der Waals surface area contributed by atoms with E-state index >= 15 is 0 Å². The number of halogens is 2. The minimum absolute atomic E-state index is 0.0817. The van der Waals surface area contributed by atoms with E-state index in [1.807, 2.05) is 0 Å². The highest BCUT2D eigenvalue weighted by Crippen LogP contribution is 2.38. The van der Waals surface area contributed by atoms with E-state index in [0.29, 0.717) is 6.42 Å². The van der Waals surface area contributed by atoms with Gasteiger partial charge in [0.1, 0.15) is 4.90 Å². The second-order valence-electron chi connectivity index (χ2n) is 5.92. The van der Waals surface area contributed by atoms with Crippen LogP contribution in [0.15, 0.2) is 23.1 Å². The fourth-order valence-electron chi connectivity index (χ4n) is 3.22. The largest absolute Gasteiger partial charge is 0.311 e. The summed E-state index contributed by atoms with van der Waals surface area (Å²) in [7, 11) is -3.88. The summed E-state index contributed by atoms with van der Waals surface area (Å²) in [4.78, 5) is -0.379. The topological polar surface area (TPSA) is 58.2 Å². The number of piperidine rings is 1. The Bertz CT molecular complexity index is 646. The molecule has 1 aliphatic carbocycles. The number of rotatable bonds is 3. The fraction of sp³-hybridized carbons (Fsp3) is 0.571. The minimum atomic E-state index is -3.88. The summed E-state index contributed by atoms with van der Waals surface area (Å²) in [6, 6.07) is 3.86. The molecule has 0 amide bonds. The van der Waals surface area contributed by atoms with Gasteiger partial charge in [0.25, 0.3) is 0 Å². The van der Waals surface area contributed by atoms with Crippen molar-refractivity contribution in [2.24, 2.45) is 0 Å². The maximum absolute atomic E-state index is 13.9. The van der Waals surface area contributed by atoms with Crippen molar-refractivity contribution in [3.63, 3.8) is 0 Å². The maximum atomic E-state index is 13.9. The van der Waals surface area contributed by atoms with Gasteiger partial charge >= 0.3 is 0 Å². The third-order valence-corrected chi connectivity index (χ3v) is 6.30. The summed E-state index contributed by atoms with van der Waals surface area (Å²) in [5.74, 6) is -0.890. The van der Waals surface area contributed by atoms with Gasteiger partial charge in [0.15, 0.2) is 5.82 Å². The van der Waals surface area contributed by atoms with Crippen LogP contribution in [-0.4, -0.2) is 26.5 Å². The molecule has 1 aliphatic heterocycles. The van der Waals surface area contributed by atoms with Crippen LogP contribution in [0.3, 0.4) is 0 Å². The van der Waals surface area contributed by atoms with Crippen LogP contribution in [-0.2, 0) is 10.0 Å². The van der Waals surface area contributed by atoms with Crippen LogP contribution < -0.4 is 10.0 Å². The summed E-state index contributed by atoms with van der Waals surface area (Å²) >= 11 is 5.66. The van der Waals surface area contributed by atoms with Crippen molar-refractivity contribution in [3.05, 3.63) is 29.0 Å². The molecule has 2 aliphatic rings. The lowest BCUT2D eigenvalue weighted by molar-refractivity contribution is 0.126. The van der Waals surface area contributed by atoms with Crippen molar-refractivity contribution in [2.75, 3.05) is 6.54 Å². The Kier molecular flexibility index (Phi) is 3.98. The molecule has 1 unspecified atom stereocenters. The second kappa shape index (κ2) is 5.50. The van der Waals surface area contributed by atoms with Crippen molar-refractivity contribution in [2.45, 2.75) is 48.6 Å². The predicted molar refractivity (Wildman–Crippen MR) is 79.3 cm³/mol. The van der Waals surface area contributed by atoms with Gasteiger partial charge in [-0.2, -0.15) is 0 Å². The predicted octanol–water partition coefficient (Wildman–Crippen LogP) is 2.43. The molecule has 0 bridgehead atoms. The van der Waals surface area contributed by atoms with E-state index in [0.717, 1.165) is 25.8 Å². The molecule has 1 atom stereocenters. The summed E-state index contributed by atoms with van der Waals surface area (Å²) in [5, 5.41) is 3.30. The lowest BCUT2D eigenvalue weighted by atomic mass is 9.70. The highest BCUT2D eigenvalue weighted by Gasteiger charge is 2.42. The molecule has 1 heterocycles. The SMILES string of the molecule is O=S(=O)(NC1CCNC2(CCC2)C1)c1cccc(Cl)c1F. The fourth-order valence-corrected chi connectivity index (χ4v) is 4.82. The first kappa shape index (κ1) is 15.2. The van der Waals surface area contributed by atoms with Crippen LogP contribution in [0.25, 0.3) is 0 Å². The van der Waals surface area contributed by atoms with Gasteiger partial charge in [0, 0.05) is 11.6 Å². The molecule has 1 saturated carbocycles. The Labute approximate surface area is 129 Å². The molecule has 4 nitrogen and oxygen atoms in total. The minimum Gasteiger partial charge on any atom is -0.311 e. The summed E-state index contributed by atoms with van der Waals surface area (Å²) in [6.07, 6.45) is 4.81. The number of nitrogens with one attached hydrogen (secondary N) is 2. The van der Waals surface area contributed by atoms with Gasteiger partial charge < -0.3 is 5.32 Å². The van der Waals surface area contributed by atoms with Gasteiger partial charge in [-0.25, -0.2) is 17.5 Å². The third-order valence-electron chi connectivity index (χ3n) is 4.47. The van der Waals surface area contributed by atoms with Gasteiger partial charge in [-0.05, 0) is 50.8 Å². The van der Waals surface area contributed by atoms with E-state index in [-0.39, 0.29) is 21.5 Å². The molecule has 1 spiro atoms. The molecule has 116 valence electrons. The highest BCUT2D eigenvalue weighted by molar-refractivity contribution is 7.89. The third kappa shape index (κ3) is 2.95. The Morgan fingerprint density at radius 3 is 2.81 bits per heavy atom. The molecule has 7 heteroatoms. The lowest BCUT2D eigenvalue weighted by Crippen LogP contribution is -2.59. The first-order valence-corrected chi connectivity index (χ1v) is 8.99. The molecule has 2 N–H and O–H groups in total. The van der Waals surface area contributed by atoms with Gasteiger partial charge in [-0.1, -0.05) is 17.7 Å². The Balaban J connectivity index is 1.78. The van der Waals surface area contributed by atoms with Crippen molar-refractivity contribution < 1.29 is 12.8 Å². The first-order chi connectivity index (χ1) is 9.92. The first-order valence-electron chi connectivity index (χ1n) is 7.13. The summed E-state index contributed by atoms with van der Waals surface area (Å²) in [5.41, 5.74) is 0.0817. The van der Waals surface area contributed by atoms with Crippen LogP contribution >= 0.6 is 11.6 Å². The Morgan fingerprint density at radius 1 is 1.38 bits per heavy atom. The van der Waals surface area contributed by atoms with Gasteiger partial charge in [0.2, 0.25) is 10.0 Å². The summed E-state index contributed by atoms with van der Waals surface area (Å²) in [6.45, 7) is 0.783. The van der Waals surface area contributed by atoms with Crippen molar-refractivity contribution in [3.8, 4) is 0 Å². The smallest absolute Gasteiger partial charge is 0.243 e. The zero-order valence-corrected chi connectivity index (χ0v) is 13.1. The molecular formula is C14H18ClFN2O2S. The highest BCUT2D eigenvalue weighted by atomic mass is 35.5. The average molecular weight is 333 g/mol. The van der Waals surface area contributed by atoms with Crippen molar-refractivity contribution >= 4 is 21.6 Å². The normalized spacial score (nSPS) is 24.8. The van der Waals surface area contributed by atoms with Crippen LogP contribution in [0.5, 0.6) is 0 Å². The van der Waals surface area contributed by atoms with Crippen molar-refractivity contribution in [1.29, 1.82) is 0 Å². The van der Waals surface area contributed by atoms with E-state index in [9.17, 15) is 12.8 Å². The molecule has 2 fully saturated rings. The number of sulfonamides is 1. The van der Waals surface area contributed by atoms with Crippen LogP contribution in [0.2, 0.25) is 5.02 Å². The Morgan fingerprint density at radius 2 is 2.14 bits per heavy atom. The standard InChI is InChI=1S/C14H18ClFN2O2S/c15-11-3-1-4-12(13(11)16)21(19,20)18-10-5-8-17-14(9-10)6-2-7-14/h1,3-4,10,17-18H,2,5-9H2. The lowest BCUT2D eigenvalue weighted by Gasteiger charge is -2.48. The number of hydrogen-bond acceptors (Lipinski definition) is 3. The van der Waals surface area contributed by atoms with E-state index in [1.54, 1.807) is 0 Å². The number of benzene rings is 1. The van der Waals surface area contributed by atoms with Crippen LogP contribution in [0.4, 0.5) is 4.39 Å². The molecule has 0 aromatic heterocycles. The second-order valence-corrected chi connectivity index (χ2v) is 8.01. The van der Waals surface area contributed by atoms with Gasteiger partial charge in [0.05, 0.1) is 5.02 Å². The van der Waals surface area contributed by atoms with Gasteiger partial charge in [-0.3, -0.25) is 0 Å². The van der Waals surface area contributed by atoms with Gasteiger partial charge in [-0.15, -0.1) is 0 Å². The van der Waals surface area contributed by atoms with E-state index in [2.05, 4.69) is 10.0 Å². The molecule has 3 rings (SSSR count). The van der Waals surface area contributed by atoms with Crippen molar-refractivity contribution in [1.82, 2.24) is 10.0 Å². The maximum Gasteiger partial charge on any atom is 0.243 e. The van der Waals surface area contributed by atoms with E-state index < -0.39 is 15.8 Å². The molecule has 1 aromatic carbocycles. The zero-order valence-electron chi connectivity index (χ0n) is 11.5. The van der Waals surface area contributed by atoms with Crippen LogP contribution in [0, 0.1) is 5.82 Å². The molecule has 1 saturated heterocycles. The monoisotopic (exact) mass is 332 g/mol. The molecule has 0 radical (unpaired) electrons. The molecule has 21 heavy (non-hydrogen) atoms. The molecular weight excluding hydrogens is 315 g/mol.